The van der Waals surface area contributed by atoms with Gasteiger partial charge < -0.3 is 15.2 Å². The van der Waals surface area contributed by atoms with Gasteiger partial charge in [-0.25, -0.2) is 0 Å². The van der Waals surface area contributed by atoms with Crippen molar-refractivity contribution in [1.82, 2.24) is 4.90 Å². The molecule has 0 fully saturated rings. The fourth-order valence-electron chi connectivity index (χ4n) is 2.30. The molecule has 122 valence electrons. The smallest absolute Gasteiger partial charge is 0.0931 e. The minimum Gasteiger partial charge on any atom is -0.380 e. The van der Waals surface area contributed by atoms with Crippen molar-refractivity contribution < 1.29 is 9.47 Å². The Morgan fingerprint density at radius 2 is 1.76 bits per heavy atom. The predicted octanol–water partition coefficient (Wildman–Crippen LogP) is 3.16. The Hall–Kier alpha value is -0.170. The van der Waals surface area contributed by atoms with E-state index in [1.54, 1.807) is 11.3 Å². The van der Waals surface area contributed by atoms with E-state index in [4.69, 9.17) is 26.8 Å². The van der Waals surface area contributed by atoms with Crippen molar-refractivity contribution in [3.05, 3.63) is 21.3 Å². The molecule has 4 nitrogen and oxygen atoms in total. The molecule has 0 bridgehead atoms. The maximum atomic E-state index is 6.23. The molecule has 0 aliphatic heterocycles. The summed E-state index contributed by atoms with van der Waals surface area (Å²) >= 11 is 7.67. The van der Waals surface area contributed by atoms with Crippen LogP contribution in [0.15, 0.2) is 12.1 Å². The van der Waals surface area contributed by atoms with Gasteiger partial charge >= 0.3 is 0 Å². The Labute approximate surface area is 137 Å². The summed E-state index contributed by atoms with van der Waals surface area (Å²) in [6.45, 7) is 10.6. The number of nitrogens with two attached hydrogens (primary N) is 1. The summed E-state index contributed by atoms with van der Waals surface area (Å²) in [6, 6.07) is 4.15. The van der Waals surface area contributed by atoms with E-state index in [9.17, 15) is 0 Å². The van der Waals surface area contributed by atoms with Crippen LogP contribution in [0.5, 0.6) is 0 Å². The van der Waals surface area contributed by atoms with Crippen LogP contribution >= 0.6 is 22.9 Å². The second-order valence-electron chi connectivity index (χ2n) is 4.88. The maximum absolute atomic E-state index is 6.23. The van der Waals surface area contributed by atoms with Crippen molar-refractivity contribution in [1.29, 1.82) is 0 Å². The molecule has 1 aromatic rings. The number of thiophene rings is 1. The van der Waals surface area contributed by atoms with Gasteiger partial charge in [0, 0.05) is 37.2 Å². The molecular formula is C15H27ClN2O2S. The number of ether oxygens (including phenoxy) is 2. The average molecular weight is 335 g/mol. The molecule has 0 saturated carbocycles. The molecule has 6 heteroatoms. The lowest BCUT2D eigenvalue weighted by Crippen LogP contribution is -2.42. The average Bonchev–Trinajstić information content (AvgIpc) is 2.85. The monoisotopic (exact) mass is 334 g/mol. The number of rotatable bonds is 11. The van der Waals surface area contributed by atoms with Crippen LogP contribution in [0.2, 0.25) is 4.34 Å². The highest BCUT2D eigenvalue weighted by molar-refractivity contribution is 7.16. The molecule has 0 radical (unpaired) electrons. The van der Waals surface area contributed by atoms with E-state index in [-0.39, 0.29) is 12.1 Å². The normalized spacial score (nSPS) is 14.6. The second kappa shape index (κ2) is 10.5. The van der Waals surface area contributed by atoms with Crippen molar-refractivity contribution in [2.75, 3.05) is 39.5 Å². The van der Waals surface area contributed by atoms with Crippen LogP contribution in [-0.2, 0) is 9.47 Å². The molecule has 2 N–H and O–H groups in total. The molecule has 1 aromatic heterocycles. The van der Waals surface area contributed by atoms with Gasteiger partial charge in [0.1, 0.15) is 0 Å². The van der Waals surface area contributed by atoms with Gasteiger partial charge in [0.15, 0.2) is 0 Å². The molecule has 0 aliphatic carbocycles. The zero-order chi connectivity index (χ0) is 15.7. The van der Waals surface area contributed by atoms with Gasteiger partial charge in [-0.1, -0.05) is 11.6 Å². The lowest BCUT2D eigenvalue weighted by molar-refractivity contribution is 0.0581. The lowest BCUT2D eigenvalue weighted by Gasteiger charge is -2.33. The third-order valence-corrected chi connectivity index (χ3v) is 4.53. The van der Waals surface area contributed by atoms with E-state index in [1.807, 2.05) is 26.8 Å². The lowest BCUT2D eigenvalue weighted by atomic mass is 10.1. The summed E-state index contributed by atoms with van der Waals surface area (Å²) in [5, 5.41) is 0. The van der Waals surface area contributed by atoms with Crippen LogP contribution < -0.4 is 5.73 Å². The highest BCUT2D eigenvalue weighted by Crippen LogP contribution is 2.32. The predicted molar refractivity (Wildman–Crippen MR) is 90.3 cm³/mol. The zero-order valence-corrected chi connectivity index (χ0v) is 14.8. The highest BCUT2D eigenvalue weighted by atomic mass is 35.5. The molecule has 0 saturated heterocycles. The van der Waals surface area contributed by atoms with E-state index in [0.717, 1.165) is 30.6 Å². The number of halogens is 1. The molecule has 0 amide bonds. The zero-order valence-electron chi connectivity index (χ0n) is 13.2. The largest absolute Gasteiger partial charge is 0.380 e. The summed E-state index contributed by atoms with van der Waals surface area (Å²) in [7, 11) is 0. The van der Waals surface area contributed by atoms with Gasteiger partial charge in [-0.3, -0.25) is 4.90 Å². The fourth-order valence-corrected chi connectivity index (χ4v) is 3.61. The van der Waals surface area contributed by atoms with Crippen molar-refractivity contribution in [3.8, 4) is 0 Å². The van der Waals surface area contributed by atoms with Crippen LogP contribution in [-0.4, -0.2) is 50.5 Å². The van der Waals surface area contributed by atoms with Gasteiger partial charge in [0.05, 0.1) is 23.6 Å². The molecule has 2 unspecified atom stereocenters. The summed E-state index contributed by atoms with van der Waals surface area (Å²) in [5.41, 5.74) is 6.23. The number of nitrogens with zero attached hydrogens (tertiary/aromatic N) is 1. The van der Waals surface area contributed by atoms with Crippen molar-refractivity contribution in [2.24, 2.45) is 5.73 Å². The minimum absolute atomic E-state index is 0.0166. The quantitative estimate of drug-likeness (QED) is 0.631. The first-order valence-corrected chi connectivity index (χ1v) is 8.69. The van der Waals surface area contributed by atoms with Gasteiger partial charge in [0.25, 0.3) is 0 Å². The van der Waals surface area contributed by atoms with Gasteiger partial charge in [0.2, 0.25) is 0 Å². The topological polar surface area (TPSA) is 47.7 Å². The van der Waals surface area contributed by atoms with E-state index in [0.29, 0.717) is 13.2 Å². The Morgan fingerprint density at radius 1 is 1.19 bits per heavy atom. The van der Waals surface area contributed by atoms with Gasteiger partial charge in [-0.2, -0.15) is 0 Å². The second-order valence-corrected chi connectivity index (χ2v) is 6.62. The van der Waals surface area contributed by atoms with E-state index in [1.165, 1.54) is 4.88 Å². The first-order valence-electron chi connectivity index (χ1n) is 7.50. The number of hydrogen-bond acceptors (Lipinski definition) is 5. The molecular weight excluding hydrogens is 308 g/mol. The SMILES string of the molecule is CCOCCN(CCOCC)C(c1ccc(Cl)s1)C(C)N. The van der Waals surface area contributed by atoms with Crippen molar-refractivity contribution >= 4 is 22.9 Å². The summed E-state index contributed by atoms with van der Waals surface area (Å²) in [6.07, 6.45) is 0. The van der Waals surface area contributed by atoms with Crippen LogP contribution in [0.1, 0.15) is 31.7 Å². The van der Waals surface area contributed by atoms with Gasteiger partial charge in [-0.05, 0) is 32.9 Å². The van der Waals surface area contributed by atoms with E-state index in [2.05, 4.69) is 11.0 Å². The Kier molecular flexibility index (Phi) is 9.47. The molecule has 1 rings (SSSR count). The first kappa shape index (κ1) is 18.9. The van der Waals surface area contributed by atoms with Crippen LogP contribution in [0, 0.1) is 0 Å². The molecule has 1 heterocycles. The van der Waals surface area contributed by atoms with Crippen LogP contribution in [0.4, 0.5) is 0 Å². The molecule has 21 heavy (non-hydrogen) atoms. The van der Waals surface area contributed by atoms with E-state index >= 15 is 0 Å². The molecule has 0 aliphatic rings. The Balaban J connectivity index is 2.77. The van der Waals surface area contributed by atoms with Crippen molar-refractivity contribution in [3.63, 3.8) is 0 Å². The molecule has 2 atom stereocenters. The maximum Gasteiger partial charge on any atom is 0.0931 e. The third kappa shape index (κ3) is 6.63. The Bertz CT molecular complexity index is 378. The fraction of sp³-hybridized carbons (Fsp3) is 0.733. The third-order valence-electron chi connectivity index (χ3n) is 3.23. The summed E-state index contributed by atoms with van der Waals surface area (Å²) in [4.78, 5) is 3.53. The number of hydrogen-bond donors (Lipinski definition) is 1. The highest BCUT2D eigenvalue weighted by Gasteiger charge is 2.25. The molecule has 0 aromatic carbocycles. The summed E-state index contributed by atoms with van der Waals surface area (Å²) in [5.74, 6) is 0. The van der Waals surface area contributed by atoms with Crippen LogP contribution in [0.25, 0.3) is 0 Å². The standard InChI is InChI=1S/C15H27ClN2O2S/c1-4-19-10-8-18(9-11-20-5-2)15(12(3)17)13-6-7-14(16)21-13/h6-7,12,15H,4-5,8-11,17H2,1-3H3. The summed E-state index contributed by atoms with van der Waals surface area (Å²) < 4.78 is 11.8. The minimum atomic E-state index is 0.0166. The molecule has 0 spiro atoms. The van der Waals surface area contributed by atoms with E-state index < -0.39 is 0 Å². The van der Waals surface area contributed by atoms with Gasteiger partial charge in [-0.15, -0.1) is 11.3 Å². The van der Waals surface area contributed by atoms with Crippen LogP contribution in [0.3, 0.4) is 0 Å². The Morgan fingerprint density at radius 3 is 2.14 bits per heavy atom. The first-order chi connectivity index (χ1) is 10.1. The van der Waals surface area contributed by atoms with Crippen molar-refractivity contribution in [2.45, 2.75) is 32.9 Å².